The van der Waals surface area contributed by atoms with E-state index in [4.69, 9.17) is 0 Å². The first kappa shape index (κ1) is 13.8. The van der Waals surface area contributed by atoms with Crippen molar-refractivity contribution in [3.63, 3.8) is 0 Å². The fourth-order valence-electron chi connectivity index (χ4n) is 1.69. The Morgan fingerprint density at radius 1 is 1.21 bits per heavy atom. The summed E-state index contributed by atoms with van der Waals surface area (Å²) >= 11 is 0. The molecule has 7 heteroatoms. The molecular formula is C12H10F4O3. The normalized spacial score (nSPS) is 19.7. The highest BCUT2D eigenvalue weighted by molar-refractivity contribution is 5.97. The van der Waals surface area contributed by atoms with Crippen molar-refractivity contribution in [2.75, 3.05) is 0 Å². The molecule has 0 saturated heterocycles. The molecule has 0 unspecified atom stereocenters. The maximum absolute atomic E-state index is 13.4. The lowest BCUT2D eigenvalue weighted by Crippen LogP contribution is -2.41. The van der Waals surface area contributed by atoms with E-state index in [1.165, 1.54) is 6.07 Å². The summed E-state index contributed by atoms with van der Waals surface area (Å²) < 4.78 is 59.7. The van der Waals surface area contributed by atoms with Gasteiger partial charge in [-0.05, 0) is 18.2 Å². The monoisotopic (exact) mass is 278 g/mol. The van der Waals surface area contributed by atoms with Gasteiger partial charge in [0.2, 0.25) is 0 Å². The third kappa shape index (κ3) is 2.56. The molecule has 0 spiro atoms. The minimum Gasteiger partial charge on any atom is -0.409 e. The Morgan fingerprint density at radius 3 is 2.42 bits per heavy atom. The molecule has 0 fully saturated rings. The summed E-state index contributed by atoms with van der Waals surface area (Å²) in [5, 5.41) is 0. The van der Waals surface area contributed by atoms with Crippen LogP contribution in [0.1, 0.15) is 29.8 Å². The van der Waals surface area contributed by atoms with Gasteiger partial charge in [-0.3, -0.25) is 4.79 Å². The topological polar surface area (TPSA) is 35.5 Å². The second-order valence-corrected chi connectivity index (χ2v) is 4.41. The van der Waals surface area contributed by atoms with E-state index in [1.807, 2.05) is 0 Å². The summed E-state index contributed by atoms with van der Waals surface area (Å²) in [6.07, 6.45) is -8.62. The zero-order valence-electron chi connectivity index (χ0n) is 10.0. The van der Waals surface area contributed by atoms with E-state index in [9.17, 15) is 22.4 Å². The second-order valence-electron chi connectivity index (χ2n) is 4.41. The van der Waals surface area contributed by atoms with Gasteiger partial charge >= 0.3 is 12.4 Å². The Hall–Kier alpha value is -1.63. The summed E-state index contributed by atoms with van der Waals surface area (Å²) in [7, 11) is 0. The van der Waals surface area contributed by atoms with Gasteiger partial charge in [-0.15, -0.1) is 8.78 Å². The lowest BCUT2D eigenvalue weighted by molar-refractivity contribution is -0.461. The van der Waals surface area contributed by atoms with Crippen LogP contribution in [0.2, 0.25) is 0 Å². The Kier molecular flexibility index (Phi) is 3.04. The predicted octanol–water partition coefficient (Wildman–Crippen LogP) is 3.53. The summed E-state index contributed by atoms with van der Waals surface area (Å²) in [5.41, 5.74) is -0.893. The maximum atomic E-state index is 13.4. The molecule has 1 aliphatic rings. The van der Waals surface area contributed by atoms with E-state index in [-0.39, 0.29) is 11.3 Å². The fourth-order valence-corrected chi connectivity index (χ4v) is 1.69. The minimum absolute atomic E-state index is 0.00848. The van der Waals surface area contributed by atoms with Crippen LogP contribution in [-0.4, -0.2) is 12.1 Å². The number of halogens is 4. The van der Waals surface area contributed by atoms with Crippen LogP contribution in [0.4, 0.5) is 17.6 Å². The second kappa shape index (κ2) is 4.19. The zero-order chi connectivity index (χ0) is 14.4. The van der Waals surface area contributed by atoms with Gasteiger partial charge < -0.3 is 4.74 Å². The van der Waals surface area contributed by atoms with E-state index in [0.717, 1.165) is 12.1 Å². The average Bonchev–Trinajstić information content (AvgIpc) is 2.25. The minimum atomic E-state index is -4.40. The number of ketones is 1. The van der Waals surface area contributed by atoms with Gasteiger partial charge in [0.05, 0.1) is 5.56 Å². The Labute approximate surface area is 106 Å². The van der Waals surface area contributed by atoms with Crippen molar-refractivity contribution < 1.29 is 31.8 Å². The van der Waals surface area contributed by atoms with Gasteiger partial charge in [-0.2, -0.15) is 8.78 Å². The Bertz CT molecular complexity index is 526. The van der Waals surface area contributed by atoms with Crippen molar-refractivity contribution in [2.24, 2.45) is 5.92 Å². The van der Waals surface area contributed by atoms with Crippen molar-refractivity contribution in [1.82, 2.24) is 0 Å². The van der Waals surface area contributed by atoms with Gasteiger partial charge in [0, 0.05) is 11.5 Å². The molecule has 0 aliphatic carbocycles. The van der Waals surface area contributed by atoms with Crippen LogP contribution in [0.15, 0.2) is 18.2 Å². The molecule has 0 atom stereocenters. The van der Waals surface area contributed by atoms with Crippen molar-refractivity contribution in [2.45, 2.75) is 26.3 Å². The van der Waals surface area contributed by atoms with Gasteiger partial charge in [0.1, 0.15) is 5.75 Å². The first-order chi connectivity index (χ1) is 8.62. The number of fused-ring (bicyclic) bond motifs is 1. The van der Waals surface area contributed by atoms with Crippen LogP contribution in [0.25, 0.3) is 0 Å². The van der Waals surface area contributed by atoms with Gasteiger partial charge in [0.15, 0.2) is 5.78 Å². The van der Waals surface area contributed by atoms with Crippen LogP contribution in [0.5, 0.6) is 5.75 Å². The van der Waals surface area contributed by atoms with Gasteiger partial charge in [-0.25, -0.2) is 4.74 Å². The van der Waals surface area contributed by atoms with Crippen molar-refractivity contribution in [3.05, 3.63) is 29.3 Å². The predicted molar refractivity (Wildman–Crippen MR) is 56.2 cm³/mol. The van der Waals surface area contributed by atoms with Crippen LogP contribution >= 0.6 is 0 Å². The molecular weight excluding hydrogens is 268 g/mol. The van der Waals surface area contributed by atoms with Gasteiger partial charge in [0.25, 0.3) is 0 Å². The molecule has 1 aromatic rings. The average molecular weight is 278 g/mol. The highest BCUT2D eigenvalue weighted by Gasteiger charge is 2.54. The molecule has 1 aliphatic heterocycles. The van der Waals surface area contributed by atoms with Crippen molar-refractivity contribution >= 4 is 5.78 Å². The first-order valence-electron chi connectivity index (χ1n) is 5.46. The Morgan fingerprint density at radius 2 is 1.84 bits per heavy atom. The molecule has 104 valence electrons. The molecule has 0 aromatic heterocycles. The molecule has 3 nitrogen and oxygen atoms in total. The summed E-state index contributed by atoms with van der Waals surface area (Å²) in [6.45, 7) is 3.20. The van der Waals surface area contributed by atoms with Crippen molar-refractivity contribution in [1.29, 1.82) is 0 Å². The van der Waals surface area contributed by atoms with E-state index in [1.54, 1.807) is 13.8 Å². The molecule has 1 heterocycles. The highest BCUT2D eigenvalue weighted by Crippen LogP contribution is 2.46. The first-order valence-corrected chi connectivity index (χ1v) is 5.46. The highest BCUT2D eigenvalue weighted by atomic mass is 19.3. The number of carbonyl (C=O) groups excluding carboxylic acids is 1. The fraction of sp³-hybridized carbons (Fsp3) is 0.417. The number of benzene rings is 1. The van der Waals surface area contributed by atoms with Crippen LogP contribution < -0.4 is 4.74 Å². The number of carbonyl (C=O) groups is 1. The molecule has 0 bridgehead atoms. The third-order valence-corrected chi connectivity index (χ3v) is 2.58. The van der Waals surface area contributed by atoms with E-state index in [0.29, 0.717) is 0 Å². The molecule has 19 heavy (non-hydrogen) atoms. The van der Waals surface area contributed by atoms with E-state index in [2.05, 4.69) is 9.47 Å². The molecule has 0 radical (unpaired) electrons. The quantitative estimate of drug-likeness (QED) is 0.613. The smallest absolute Gasteiger partial charge is 0.409 e. The Balaban J connectivity index is 2.49. The van der Waals surface area contributed by atoms with Crippen LogP contribution in [0.3, 0.4) is 0 Å². The van der Waals surface area contributed by atoms with E-state index < -0.39 is 29.6 Å². The van der Waals surface area contributed by atoms with E-state index >= 15 is 0 Å². The maximum Gasteiger partial charge on any atom is 0.540 e. The van der Waals surface area contributed by atoms with Gasteiger partial charge in [-0.1, -0.05) is 13.8 Å². The lowest BCUT2D eigenvalue weighted by atomic mass is 9.98. The summed E-state index contributed by atoms with van der Waals surface area (Å²) in [5.74, 6) is -1.49. The number of rotatable bonds is 2. The third-order valence-electron chi connectivity index (χ3n) is 2.58. The molecule has 1 aromatic carbocycles. The van der Waals surface area contributed by atoms with Crippen LogP contribution in [-0.2, 0) is 10.8 Å². The SMILES string of the molecule is CC(C)C(=O)c1ccc2c(c1)C(F)(F)OC(F)(F)O2. The summed E-state index contributed by atoms with van der Waals surface area (Å²) in [6, 6.07) is 2.89. The molecule has 0 amide bonds. The molecule has 2 rings (SSSR count). The molecule has 0 saturated carbocycles. The number of alkyl halides is 4. The largest absolute Gasteiger partial charge is 0.540 e. The summed E-state index contributed by atoms with van der Waals surface area (Å²) in [4.78, 5) is 11.7. The number of hydrogen-bond donors (Lipinski definition) is 0. The zero-order valence-corrected chi connectivity index (χ0v) is 10.0. The van der Waals surface area contributed by atoms with Crippen LogP contribution in [0, 0.1) is 5.92 Å². The van der Waals surface area contributed by atoms with Crippen molar-refractivity contribution in [3.8, 4) is 5.75 Å². The number of Topliss-reactive ketones (excluding diaryl/α,β-unsaturated/α-hetero) is 1. The number of ether oxygens (including phenoxy) is 2. The standard InChI is InChI=1S/C12H10F4O3/c1-6(2)10(17)7-3-4-9-8(5-7)11(13,14)19-12(15,16)18-9/h3-6H,1-2H3. The lowest BCUT2D eigenvalue weighted by Gasteiger charge is -2.30. The molecule has 0 N–H and O–H groups in total. The number of hydrogen-bond acceptors (Lipinski definition) is 3.